The van der Waals surface area contributed by atoms with Crippen molar-refractivity contribution in [3.05, 3.63) is 0 Å². The van der Waals surface area contributed by atoms with Gasteiger partial charge in [-0.1, -0.05) is 0 Å². The Bertz CT molecular complexity index is 140. The number of rotatable bonds is 0. The summed E-state index contributed by atoms with van der Waals surface area (Å²) in [4.78, 5) is 0. The first kappa shape index (κ1) is 5.72. The zero-order valence-electron chi connectivity index (χ0n) is 3.06. The molecule has 0 aromatic carbocycles. The molecule has 0 aliphatic carbocycles. The van der Waals surface area contributed by atoms with Gasteiger partial charge >= 0.3 is 24.2 Å². The van der Waals surface area contributed by atoms with Gasteiger partial charge in [0.1, 0.15) is 0 Å². The molecule has 0 fully saturated rings. The van der Waals surface area contributed by atoms with E-state index in [0.717, 1.165) is 17.0 Å². The Morgan fingerprint density at radius 1 is 1.29 bits per heavy atom. The summed E-state index contributed by atoms with van der Waals surface area (Å²) < 4.78 is 11.4. The van der Waals surface area contributed by atoms with E-state index in [2.05, 4.69) is 13.5 Å². The van der Waals surface area contributed by atoms with E-state index in [4.69, 9.17) is 11.2 Å². The van der Waals surface area contributed by atoms with E-state index in [9.17, 15) is 0 Å². The molecule has 3 nitrogen and oxygen atoms in total. The average molecular weight is 170 g/mol. The van der Waals surface area contributed by atoms with Crippen molar-refractivity contribution in [3.8, 4) is 0 Å². The largest absolute Gasteiger partial charge is 0.347 e. The van der Waals surface area contributed by atoms with Crippen LogP contribution in [-0.4, -0.2) is 13.5 Å². The molecule has 0 atom stereocenters. The Morgan fingerprint density at radius 2 is 1.86 bits per heavy atom. The minimum atomic E-state index is -0.888. The Kier molecular flexibility index (Phi) is 2.28. The Balaban J connectivity index is 3.02. The molecule has 0 aliphatic rings. The molecule has 0 bridgehead atoms. The molecular formula is ClN3P3+. The van der Waals surface area contributed by atoms with Crippen LogP contribution in [0, 0.1) is 0 Å². The van der Waals surface area contributed by atoms with Crippen LogP contribution in [0.2, 0.25) is 0 Å². The first-order valence-corrected chi connectivity index (χ1v) is 5.12. The van der Waals surface area contributed by atoms with Gasteiger partial charge < -0.3 is 0 Å². The van der Waals surface area contributed by atoms with Crippen molar-refractivity contribution in [1.82, 2.24) is 13.5 Å². The summed E-state index contributed by atoms with van der Waals surface area (Å²) in [5.41, 5.74) is 0. The van der Waals surface area contributed by atoms with Crippen LogP contribution in [0.3, 0.4) is 0 Å². The molecule has 1 heterocycles. The molecule has 1 aromatic rings. The van der Waals surface area contributed by atoms with Gasteiger partial charge in [0.15, 0.2) is 0 Å². The van der Waals surface area contributed by atoms with Crippen LogP contribution in [-0.2, 0) is 0 Å². The van der Waals surface area contributed by atoms with E-state index < -0.39 is 7.20 Å². The number of aromatic nitrogens is 3. The van der Waals surface area contributed by atoms with Gasteiger partial charge in [0.2, 0.25) is 0 Å². The van der Waals surface area contributed by atoms with Crippen LogP contribution in [0.1, 0.15) is 0 Å². The molecule has 0 N–H and O–H groups in total. The summed E-state index contributed by atoms with van der Waals surface area (Å²) in [6.45, 7) is 0. The summed E-state index contributed by atoms with van der Waals surface area (Å²) in [7, 11) is 0.579. The van der Waals surface area contributed by atoms with Crippen molar-refractivity contribution in [2.24, 2.45) is 0 Å². The van der Waals surface area contributed by atoms with E-state index >= 15 is 0 Å². The zero-order valence-corrected chi connectivity index (χ0v) is 6.50. The second-order valence-electron chi connectivity index (χ2n) is 0.688. The highest BCUT2D eigenvalue weighted by Crippen LogP contribution is 2.25. The fraction of sp³-hybridized carbons (Fsp3) is 0. The molecule has 1 aromatic heterocycles. The van der Waals surface area contributed by atoms with Gasteiger partial charge in [-0.05, 0) is 13.5 Å². The molecule has 0 radical (unpaired) electrons. The number of hydrogen-bond acceptors (Lipinski definition) is 3. The van der Waals surface area contributed by atoms with Crippen LogP contribution in [0.4, 0.5) is 0 Å². The molecule has 1 rings (SSSR count). The minimum Gasteiger partial charge on any atom is -0.0218 e. The van der Waals surface area contributed by atoms with Gasteiger partial charge in [-0.15, -0.1) is 0 Å². The van der Waals surface area contributed by atoms with Crippen molar-refractivity contribution in [2.75, 3.05) is 0 Å². The fourth-order valence-electron chi connectivity index (χ4n) is 0.138. The second kappa shape index (κ2) is 2.79. The lowest BCUT2D eigenvalue weighted by Gasteiger charge is -1.62. The summed E-state index contributed by atoms with van der Waals surface area (Å²) in [6.07, 6.45) is 0. The van der Waals surface area contributed by atoms with Gasteiger partial charge in [0, 0.05) is 0 Å². The van der Waals surface area contributed by atoms with Crippen molar-refractivity contribution < 1.29 is 0 Å². The first-order chi connectivity index (χ1) is 3.39. The molecule has 0 aliphatic heterocycles. The maximum Gasteiger partial charge on any atom is 0.347 e. The maximum absolute atomic E-state index is 5.47. The SMILES string of the molecule is Cl[p+]1npnpn1. The van der Waals surface area contributed by atoms with Gasteiger partial charge in [0.05, 0.1) is 11.2 Å². The van der Waals surface area contributed by atoms with E-state index in [-0.39, 0.29) is 0 Å². The number of hydrogen-bond donors (Lipinski definition) is 0. The third-order valence-corrected chi connectivity index (χ3v) is 3.99. The molecule has 0 spiro atoms. The molecule has 0 saturated heterocycles. The summed E-state index contributed by atoms with van der Waals surface area (Å²) in [5, 5.41) is 0. The van der Waals surface area contributed by atoms with Gasteiger partial charge in [-0.25, -0.2) is 0 Å². The van der Waals surface area contributed by atoms with Crippen molar-refractivity contribution in [2.45, 2.75) is 0 Å². The quantitative estimate of drug-likeness (QED) is 0.600. The normalized spacial score (nSPS) is 13.6. The molecular weight excluding hydrogens is 170 g/mol. The van der Waals surface area contributed by atoms with Gasteiger partial charge in [-0.3, -0.25) is 0 Å². The average Bonchev–Trinajstić information content (AvgIpc) is 1.69. The fourth-order valence-corrected chi connectivity index (χ4v) is 2.75. The Labute approximate surface area is 49.6 Å². The van der Waals surface area contributed by atoms with Crippen molar-refractivity contribution in [1.29, 1.82) is 0 Å². The smallest absolute Gasteiger partial charge is 0.0218 e. The molecule has 36 valence electrons. The van der Waals surface area contributed by atoms with Crippen LogP contribution >= 0.6 is 35.5 Å². The van der Waals surface area contributed by atoms with E-state index in [1.807, 2.05) is 0 Å². The second-order valence-corrected chi connectivity index (χ2v) is 4.58. The summed E-state index contributed by atoms with van der Waals surface area (Å²) in [5.74, 6) is 0. The minimum absolute atomic E-state index is 0.733. The standard InChI is InChI=1S/ClN3P3/c1-7-3-5-2-6-4-7/q+1. The Morgan fingerprint density at radius 3 is 2.14 bits per heavy atom. The molecule has 7 heteroatoms. The topological polar surface area (TPSA) is 38.7 Å². The van der Waals surface area contributed by atoms with Crippen molar-refractivity contribution in [3.63, 3.8) is 0 Å². The van der Waals surface area contributed by atoms with E-state index in [0.29, 0.717) is 0 Å². The van der Waals surface area contributed by atoms with Crippen LogP contribution in [0.25, 0.3) is 0 Å². The van der Waals surface area contributed by atoms with E-state index in [1.165, 1.54) is 0 Å². The predicted octanol–water partition coefficient (Wildman–Crippen LogP) is 2.30. The van der Waals surface area contributed by atoms with Gasteiger partial charge in [-0.2, -0.15) is 0 Å². The highest BCUT2D eigenvalue weighted by molar-refractivity contribution is 7.75. The van der Waals surface area contributed by atoms with Gasteiger partial charge in [0.25, 0.3) is 0 Å². The van der Waals surface area contributed by atoms with Crippen LogP contribution in [0.15, 0.2) is 0 Å². The molecule has 0 saturated carbocycles. The first-order valence-electron chi connectivity index (χ1n) is 1.37. The lowest BCUT2D eigenvalue weighted by molar-refractivity contribution is 1.69. The third-order valence-electron chi connectivity index (χ3n) is 0.308. The zero-order chi connectivity index (χ0) is 5.11. The number of nitrogens with zero attached hydrogens (tertiary/aromatic N) is 3. The van der Waals surface area contributed by atoms with Crippen LogP contribution in [0.5, 0.6) is 0 Å². The summed E-state index contributed by atoms with van der Waals surface area (Å²) >= 11 is 5.47. The highest BCUT2D eigenvalue weighted by atomic mass is 35.7. The summed E-state index contributed by atoms with van der Waals surface area (Å²) in [6, 6.07) is 0. The van der Waals surface area contributed by atoms with Crippen molar-refractivity contribution >= 4 is 35.5 Å². The lowest BCUT2D eigenvalue weighted by Crippen LogP contribution is -1.53. The third kappa shape index (κ3) is 1.88. The predicted molar refractivity (Wildman–Crippen MR) is 33.2 cm³/mol. The highest BCUT2D eigenvalue weighted by Gasteiger charge is 1.94. The monoisotopic (exact) mass is 170 g/mol. The Hall–Kier alpha value is 0.590. The maximum atomic E-state index is 5.47. The molecule has 0 unspecified atom stereocenters. The lowest BCUT2D eigenvalue weighted by atomic mass is 13.9. The van der Waals surface area contributed by atoms with Crippen LogP contribution < -0.4 is 0 Å². The molecule has 7 heavy (non-hydrogen) atoms. The van der Waals surface area contributed by atoms with E-state index in [1.54, 1.807) is 0 Å². The molecule has 0 amide bonds. The number of halogens is 1.